The average Bonchev–Trinajstić information content (AvgIpc) is 2.92. The molecule has 1 fully saturated rings. The summed E-state index contributed by atoms with van der Waals surface area (Å²) in [5.74, 6) is 0.741. The summed E-state index contributed by atoms with van der Waals surface area (Å²) in [5, 5.41) is 9.40. The fourth-order valence-electron chi connectivity index (χ4n) is 4.32. The molecule has 188 valence electrons. The molecular formula is C28H32ClN5O2. The number of amides is 2. The van der Waals surface area contributed by atoms with Crippen LogP contribution in [0.3, 0.4) is 0 Å². The number of hydrogen-bond acceptors (Lipinski definition) is 5. The van der Waals surface area contributed by atoms with Gasteiger partial charge < -0.3 is 14.7 Å². The zero-order valence-electron chi connectivity index (χ0n) is 20.8. The summed E-state index contributed by atoms with van der Waals surface area (Å²) in [7, 11) is 0. The average molecular weight is 506 g/mol. The van der Waals surface area contributed by atoms with Gasteiger partial charge in [-0.3, -0.25) is 9.59 Å². The fourth-order valence-corrected chi connectivity index (χ4v) is 4.55. The molecule has 1 saturated heterocycles. The molecule has 1 aromatic heterocycles. The molecule has 0 unspecified atom stereocenters. The summed E-state index contributed by atoms with van der Waals surface area (Å²) in [6, 6.07) is 21.1. The largest absolute Gasteiger partial charge is 0.352 e. The maximum absolute atomic E-state index is 13.1. The molecule has 7 nitrogen and oxygen atoms in total. The highest BCUT2D eigenvalue weighted by Gasteiger charge is 2.27. The molecule has 2 amide bonds. The van der Waals surface area contributed by atoms with Gasteiger partial charge in [0.15, 0.2) is 5.82 Å². The maximum Gasteiger partial charge on any atom is 0.242 e. The van der Waals surface area contributed by atoms with Crippen molar-refractivity contribution in [3.05, 3.63) is 77.3 Å². The first-order valence-electron chi connectivity index (χ1n) is 12.4. The molecule has 3 aromatic rings. The van der Waals surface area contributed by atoms with E-state index in [2.05, 4.69) is 15.1 Å². The van der Waals surface area contributed by atoms with Gasteiger partial charge in [0.05, 0.1) is 17.1 Å². The SMILES string of the molecule is CC[C@@H](C)N(CC(=O)N1CCN(c2ccc(-c3ccccc3Cl)nn2)CC1)C(=O)Cc1ccccc1. The Balaban J connectivity index is 1.34. The van der Waals surface area contributed by atoms with Gasteiger partial charge in [0.1, 0.15) is 6.54 Å². The minimum atomic E-state index is -0.0172. The predicted molar refractivity (Wildman–Crippen MR) is 143 cm³/mol. The molecule has 4 rings (SSSR count). The Kier molecular flexibility index (Phi) is 8.54. The smallest absolute Gasteiger partial charge is 0.242 e. The summed E-state index contributed by atoms with van der Waals surface area (Å²) in [5.41, 5.74) is 2.53. The van der Waals surface area contributed by atoms with Crippen LogP contribution in [0, 0.1) is 0 Å². The van der Waals surface area contributed by atoms with Gasteiger partial charge in [-0.1, -0.05) is 67.1 Å². The summed E-state index contributed by atoms with van der Waals surface area (Å²) in [6.07, 6.45) is 1.10. The molecule has 1 atom stereocenters. The van der Waals surface area contributed by atoms with Gasteiger partial charge in [-0.05, 0) is 37.1 Å². The van der Waals surface area contributed by atoms with Crippen molar-refractivity contribution in [3.8, 4) is 11.3 Å². The third kappa shape index (κ3) is 6.21. The van der Waals surface area contributed by atoms with E-state index in [-0.39, 0.29) is 24.4 Å². The Labute approximate surface area is 217 Å². The van der Waals surface area contributed by atoms with E-state index in [1.807, 2.05) is 85.5 Å². The first kappa shape index (κ1) is 25.6. The topological polar surface area (TPSA) is 69.6 Å². The minimum Gasteiger partial charge on any atom is -0.352 e. The highest BCUT2D eigenvalue weighted by molar-refractivity contribution is 6.33. The maximum atomic E-state index is 13.1. The lowest BCUT2D eigenvalue weighted by Gasteiger charge is -2.37. The first-order valence-corrected chi connectivity index (χ1v) is 12.8. The zero-order valence-corrected chi connectivity index (χ0v) is 21.6. The van der Waals surface area contributed by atoms with Crippen molar-refractivity contribution < 1.29 is 9.59 Å². The van der Waals surface area contributed by atoms with Crippen LogP contribution in [0.2, 0.25) is 5.02 Å². The molecular weight excluding hydrogens is 474 g/mol. The Morgan fingerprint density at radius 3 is 2.28 bits per heavy atom. The van der Waals surface area contributed by atoms with Crippen LogP contribution in [-0.4, -0.2) is 70.6 Å². The van der Waals surface area contributed by atoms with Crippen molar-refractivity contribution in [2.24, 2.45) is 0 Å². The van der Waals surface area contributed by atoms with E-state index >= 15 is 0 Å². The minimum absolute atomic E-state index is 0.00152. The standard InChI is InChI=1S/C28H32ClN5O2/c1-3-21(2)34(27(35)19-22-9-5-4-6-10-22)20-28(36)33-17-15-32(16-18-33)26-14-13-25(30-31-26)23-11-7-8-12-24(23)29/h4-14,21H,3,15-20H2,1-2H3/t21-/m1/s1. The molecule has 0 bridgehead atoms. The molecule has 0 aliphatic carbocycles. The normalized spacial score (nSPS) is 14.4. The van der Waals surface area contributed by atoms with Crippen molar-refractivity contribution >= 4 is 29.2 Å². The Hall–Kier alpha value is -3.45. The van der Waals surface area contributed by atoms with Crippen LogP contribution >= 0.6 is 11.6 Å². The van der Waals surface area contributed by atoms with Crippen LogP contribution in [0.4, 0.5) is 5.82 Å². The number of piperazine rings is 1. The van der Waals surface area contributed by atoms with E-state index in [1.165, 1.54) is 0 Å². The van der Waals surface area contributed by atoms with E-state index < -0.39 is 0 Å². The third-order valence-corrected chi connectivity index (χ3v) is 7.03. The molecule has 1 aliphatic heterocycles. The van der Waals surface area contributed by atoms with Gasteiger partial charge in [0.2, 0.25) is 11.8 Å². The predicted octanol–water partition coefficient (Wildman–Crippen LogP) is 4.32. The molecule has 36 heavy (non-hydrogen) atoms. The van der Waals surface area contributed by atoms with Crippen molar-refractivity contribution in [1.29, 1.82) is 0 Å². The lowest BCUT2D eigenvalue weighted by atomic mass is 10.1. The van der Waals surface area contributed by atoms with Crippen LogP contribution in [0.5, 0.6) is 0 Å². The summed E-state index contributed by atoms with van der Waals surface area (Å²) >= 11 is 6.28. The third-order valence-electron chi connectivity index (χ3n) is 6.70. The van der Waals surface area contributed by atoms with E-state index in [0.717, 1.165) is 29.1 Å². The second-order valence-corrected chi connectivity index (χ2v) is 9.47. The molecule has 0 radical (unpaired) electrons. The zero-order chi connectivity index (χ0) is 25.5. The monoisotopic (exact) mass is 505 g/mol. The van der Waals surface area contributed by atoms with E-state index in [1.54, 1.807) is 4.90 Å². The Morgan fingerprint density at radius 1 is 0.944 bits per heavy atom. The van der Waals surface area contributed by atoms with Gasteiger partial charge in [-0.15, -0.1) is 10.2 Å². The van der Waals surface area contributed by atoms with E-state index in [4.69, 9.17) is 11.6 Å². The van der Waals surface area contributed by atoms with Gasteiger partial charge in [-0.2, -0.15) is 0 Å². The molecule has 0 saturated carbocycles. The number of benzene rings is 2. The molecule has 0 N–H and O–H groups in total. The number of aromatic nitrogens is 2. The van der Waals surface area contributed by atoms with Crippen molar-refractivity contribution in [1.82, 2.24) is 20.0 Å². The van der Waals surface area contributed by atoms with Crippen LogP contribution in [0.25, 0.3) is 11.3 Å². The number of carbonyl (C=O) groups excluding carboxylic acids is 2. The second-order valence-electron chi connectivity index (χ2n) is 9.07. The van der Waals surface area contributed by atoms with E-state index in [9.17, 15) is 9.59 Å². The number of halogens is 1. The molecule has 0 spiro atoms. The van der Waals surface area contributed by atoms with Crippen molar-refractivity contribution in [3.63, 3.8) is 0 Å². The van der Waals surface area contributed by atoms with E-state index in [0.29, 0.717) is 37.6 Å². The molecule has 2 heterocycles. The van der Waals surface area contributed by atoms with Crippen LogP contribution in [-0.2, 0) is 16.0 Å². The van der Waals surface area contributed by atoms with Crippen molar-refractivity contribution in [2.45, 2.75) is 32.7 Å². The van der Waals surface area contributed by atoms with Crippen molar-refractivity contribution in [2.75, 3.05) is 37.6 Å². The Morgan fingerprint density at radius 2 is 1.64 bits per heavy atom. The molecule has 2 aromatic carbocycles. The fraction of sp³-hybridized carbons (Fsp3) is 0.357. The summed E-state index contributed by atoms with van der Waals surface area (Å²) in [4.78, 5) is 31.9. The second kappa shape index (κ2) is 12.0. The lowest BCUT2D eigenvalue weighted by Crippen LogP contribution is -2.53. The quantitative estimate of drug-likeness (QED) is 0.456. The van der Waals surface area contributed by atoms with Gasteiger partial charge in [0, 0.05) is 37.8 Å². The molecule has 1 aliphatic rings. The van der Waals surface area contributed by atoms with Gasteiger partial charge in [0.25, 0.3) is 0 Å². The highest BCUT2D eigenvalue weighted by Crippen LogP contribution is 2.26. The first-order chi connectivity index (χ1) is 17.5. The van der Waals surface area contributed by atoms with Crippen LogP contribution in [0.1, 0.15) is 25.8 Å². The van der Waals surface area contributed by atoms with Gasteiger partial charge >= 0.3 is 0 Å². The number of hydrogen-bond donors (Lipinski definition) is 0. The Bertz CT molecular complexity index is 1160. The summed E-state index contributed by atoms with van der Waals surface area (Å²) in [6.45, 7) is 6.61. The highest BCUT2D eigenvalue weighted by atomic mass is 35.5. The number of nitrogens with zero attached hydrogens (tertiary/aromatic N) is 5. The van der Waals surface area contributed by atoms with Crippen LogP contribution in [0.15, 0.2) is 66.7 Å². The van der Waals surface area contributed by atoms with Gasteiger partial charge in [-0.25, -0.2) is 0 Å². The lowest BCUT2D eigenvalue weighted by molar-refractivity contribution is -0.142. The summed E-state index contributed by atoms with van der Waals surface area (Å²) < 4.78 is 0. The number of anilines is 1. The number of rotatable bonds is 8. The molecule has 8 heteroatoms. The van der Waals surface area contributed by atoms with Crippen LogP contribution < -0.4 is 4.90 Å². The number of carbonyl (C=O) groups is 2.